The lowest BCUT2D eigenvalue weighted by atomic mass is 10.2. The maximum Gasteiger partial charge on any atom is 0.305 e. The number of imidazole rings is 1. The van der Waals surface area contributed by atoms with Crippen LogP contribution in [0.5, 0.6) is 0 Å². The third-order valence-electron chi connectivity index (χ3n) is 3.08. The third kappa shape index (κ3) is 4.04. The summed E-state index contributed by atoms with van der Waals surface area (Å²) < 4.78 is 1.90. The molecule has 1 N–H and O–H groups in total. The summed E-state index contributed by atoms with van der Waals surface area (Å²) in [7, 11) is 0. The second-order valence-corrected chi connectivity index (χ2v) is 6.20. The van der Waals surface area contributed by atoms with Crippen LogP contribution in [0.15, 0.2) is 17.8 Å². The van der Waals surface area contributed by atoms with E-state index in [1.54, 1.807) is 11.1 Å². The summed E-state index contributed by atoms with van der Waals surface area (Å²) in [5.74, 6) is -0.624. The number of nitrogens with zero attached hydrogens (tertiary/aromatic N) is 3. The zero-order valence-electron chi connectivity index (χ0n) is 12.2. The van der Waals surface area contributed by atoms with Crippen molar-refractivity contribution in [2.45, 2.75) is 26.7 Å². The Kier molecular flexibility index (Phi) is 4.95. The van der Waals surface area contributed by atoms with Crippen LogP contribution in [0.3, 0.4) is 0 Å². The van der Waals surface area contributed by atoms with E-state index in [1.165, 1.54) is 11.3 Å². The second-order valence-electron chi connectivity index (χ2n) is 5.36. The minimum Gasteiger partial charge on any atom is -0.481 e. The minimum absolute atomic E-state index is 0.0252. The molecule has 0 fully saturated rings. The zero-order chi connectivity index (χ0) is 15.4. The molecule has 7 heteroatoms. The van der Waals surface area contributed by atoms with Crippen LogP contribution in [0.2, 0.25) is 0 Å². The lowest BCUT2D eigenvalue weighted by Gasteiger charge is -2.24. The fraction of sp³-hybridized carbons (Fsp3) is 0.500. The van der Waals surface area contributed by atoms with Crippen molar-refractivity contribution in [1.82, 2.24) is 14.3 Å². The first-order chi connectivity index (χ1) is 9.97. The molecule has 6 nitrogen and oxygen atoms in total. The number of carboxylic acids is 1. The predicted octanol–water partition coefficient (Wildman–Crippen LogP) is 1.90. The minimum atomic E-state index is -0.885. The SMILES string of the molecule is CC(C)CN(CCC(=O)O)C(=O)Cc1csc2nccn12. The molecule has 0 radical (unpaired) electrons. The fourth-order valence-corrected chi connectivity index (χ4v) is 3.01. The van der Waals surface area contributed by atoms with E-state index in [9.17, 15) is 9.59 Å². The molecule has 0 aliphatic heterocycles. The van der Waals surface area contributed by atoms with Crippen LogP contribution in [-0.4, -0.2) is 44.4 Å². The van der Waals surface area contributed by atoms with Gasteiger partial charge in [0.1, 0.15) is 0 Å². The highest BCUT2D eigenvalue weighted by molar-refractivity contribution is 7.15. The van der Waals surface area contributed by atoms with E-state index >= 15 is 0 Å². The summed E-state index contributed by atoms with van der Waals surface area (Å²) in [4.78, 5) is 29.8. The molecular weight excluding hydrogens is 290 g/mol. The Labute approximate surface area is 127 Å². The summed E-state index contributed by atoms with van der Waals surface area (Å²) in [6.45, 7) is 4.85. The van der Waals surface area contributed by atoms with E-state index in [-0.39, 0.29) is 25.3 Å². The highest BCUT2D eigenvalue weighted by Crippen LogP contribution is 2.16. The molecule has 2 aromatic rings. The number of rotatable bonds is 7. The molecule has 0 saturated carbocycles. The molecule has 2 rings (SSSR count). The molecule has 21 heavy (non-hydrogen) atoms. The average molecular weight is 309 g/mol. The molecule has 0 aromatic carbocycles. The molecule has 0 aliphatic rings. The number of hydrogen-bond donors (Lipinski definition) is 1. The summed E-state index contributed by atoms with van der Waals surface area (Å²) >= 11 is 1.49. The maximum absolute atomic E-state index is 12.4. The summed E-state index contributed by atoms with van der Waals surface area (Å²) in [5.41, 5.74) is 0.890. The van der Waals surface area contributed by atoms with Crippen LogP contribution < -0.4 is 0 Å². The average Bonchev–Trinajstić information content (AvgIpc) is 2.98. The molecule has 1 amide bonds. The smallest absolute Gasteiger partial charge is 0.305 e. The van der Waals surface area contributed by atoms with Crippen molar-refractivity contribution < 1.29 is 14.7 Å². The van der Waals surface area contributed by atoms with Gasteiger partial charge in [0.05, 0.1) is 12.8 Å². The number of carbonyl (C=O) groups is 2. The standard InChI is InChI=1S/C14H19N3O3S/c1-10(2)8-16(5-3-13(19)20)12(18)7-11-9-21-14-15-4-6-17(11)14/h4,6,9-10H,3,5,7-8H2,1-2H3,(H,19,20). The molecule has 0 spiro atoms. The number of hydrogen-bond acceptors (Lipinski definition) is 4. The fourth-order valence-electron chi connectivity index (χ4n) is 2.16. The van der Waals surface area contributed by atoms with Crippen molar-refractivity contribution in [2.24, 2.45) is 5.92 Å². The number of amides is 1. The molecule has 0 bridgehead atoms. The Morgan fingerprint density at radius 3 is 2.90 bits per heavy atom. The first-order valence-electron chi connectivity index (χ1n) is 6.86. The van der Waals surface area contributed by atoms with Gasteiger partial charge in [-0.2, -0.15) is 0 Å². The molecule has 2 aromatic heterocycles. The Bertz CT molecular complexity index is 632. The molecule has 0 atom stereocenters. The summed E-state index contributed by atoms with van der Waals surface area (Å²) in [6, 6.07) is 0. The molecular formula is C14H19N3O3S. The Balaban J connectivity index is 2.06. The van der Waals surface area contributed by atoms with Gasteiger partial charge in [-0.3, -0.25) is 14.0 Å². The number of carboxylic acid groups (broad SMARTS) is 1. The van der Waals surface area contributed by atoms with Gasteiger partial charge < -0.3 is 10.0 Å². The molecule has 0 aliphatic carbocycles. The van der Waals surface area contributed by atoms with E-state index in [0.717, 1.165) is 10.7 Å². The van der Waals surface area contributed by atoms with Crippen molar-refractivity contribution in [3.63, 3.8) is 0 Å². The molecule has 2 heterocycles. The largest absolute Gasteiger partial charge is 0.481 e. The van der Waals surface area contributed by atoms with Gasteiger partial charge in [-0.15, -0.1) is 11.3 Å². The van der Waals surface area contributed by atoms with Gasteiger partial charge in [-0.1, -0.05) is 13.8 Å². The van der Waals surface area contributed by atoms with Crippen molar-refractivity contribution in [1.29, 1.82) is 0 Å². The van der Waals surface area contributed by atoms with Crippen LogP contribution >= 0.6 is 11.3 Å². The summed E-state index contributed by atoms with van der Waals surface area (Å²) in [6.07, 6.45) is 3.78. The van der Waals surface area contributed by atoms with Crippen LogP contribution in [0.1, 0.15) is 26.0 Å². The quantitative estimate of drug-likeness (QED) is 0.847. The Morgan fingerprint density at radius 2 is 2.24 bits per heavy atom. The lowest BCUT2D eigenvalue weighted by molar-refractivity contribution is -0.138. The van der Waals surface area contributed by atoms with Gasteiger partial charge in [0.2, 0.25) is 5.91 Å². The van der Waals surface area contributed by atoms with Crippen molar-refractivity contribution in [3.8, 4) is 0 Å². The number of carbonyl (C=O) groups excluding carboxylic acids is 1. The molecule has 0 saturated heterocycles. The number of thiazole rings is 1. The van der Waals surface area contributed by atoms with E-state index in [4.69, 9.17) is 5.11 Å². The van der Waals surface area contributed by atoms with Crippen LogP contribution in [0, 0.1) is 5.92 Å². The van der Waals surface area contributed by atoms with Crippen LogP contribution in [0.4, 0.5) is 0 Å². The Hall–Kier alpha value is -1.89. The van der Waals surface area contributed by atoms with Gasteiger partial charge in [0.15, 0.2) is 4.96 Å². The van der Waals surface area contributed by atoms with Crippen molar-refractivity contribution in [3.05, 3.63) is 23.5 Å². The van der Waals surface area contributed by atoms with E-state index in [1.807, 2.05) is 29.8 Å². The van der Waals surface area contributed by atoms with Gasteiger partial charge in [-0.05, 0) is 5.92 Å². The first-order valence-corrected chi connectivity index (χ1v) is 7.74. The van der Waals surface area contributed by atoms with Crippen molar-refractivity contribution >= 4 is 28.2 Å². The van der Waals surface area contributed by atoms with Crippen molar-refractivity contribution in [2.75, 3.05) is 13.1 Å². The van der Waals surface area contributed by atoms with Crippen LogP contribution in [-0.2, 0) is 16.0 Å². The van der Waals surface area contributed by atoms with Gasteiger partial charge >= 0.3 is 5.97 Å². The lowest BCUT2D eigenvalue weighted by Crippen LogP contribution is -2.37. The van der Waals surface area contributed by atoms with E-state index in [0.29, 0.717) is 12.5 Å². The predicted molar refractivity (Wildman–Crippen MR) is 80.4 cm³/mol. The maximum atomic E-state index is 12.4. The number of fused-ring (bicyclic) bond motifs is 1. The highest BCUT2D eigenvalue weighted by Gasteiger charge is 2.18. The summed E-state index contributed by atoms with van der Waals surface area (Å²) in [5, 5.41) is 10.7. The monoisotopic (exact) mass is 309 g/mol. The van der Waals surface area contributed by atoms with Gasteiger partial charge in [-0.25, -0.2) is 4.98 Å². The number of aliphatic carboxylic acids is 1. The van der Waals surface area contributed by atoms with E-state index < -0.39 is 5.97 Å². The molecule has 0 unspecified atom stereocenters. The van der Waals surface area contributed by atoms with Gasteiger partial charge in [0.25, 0.3) is 0 Å². The Morgan fingerprint density at radius 1 is 1.48 bits per heavy atom. The highest BCUT2D eigenvalue weighted by atomic mass is 32.1. The molecule has 114 valence electrons. The number of aromatic nitrogens is 2. The van der Waals surface area contributed by atoms with E-state index in [2.05, 4.69) is 4.98 Å². The topological polar surface area (TPSA) is 74.9 Å². The second kappa shape index (κ2) is 6.71. The zero-order valence-corrected chi connectivity index (χ0v) is 13.0. The third-order valence-corrected chi connectivity index (χ3v) is 3.99. The van der Waals surface area contributed by atoms with Crippen LogP contribution in [0.25, 0.3) is 4.96 Å². The normalized spacial score (nSPS) is 11.2. The first kappa shape index (κ1) is 15.5. The van der Waals surface area contributed by atoms with Gasteiger partial charge in [0, 0.05) is 36.6 Å².